The van der Waals surface area contributed by atoms with Crippen LogP contribution in [0.25, 0.3) is 5.57 Å². The molecule has 0 bridgehead atoms. The van der Waals surface area contributed by atoms with Crippen molar-refractivity contribution in [2.45, 2.75) is 12.3 Å². The lowest BCUT2D eigenvalue weighted by Crippen LogP contribution is -2.19. The highest BCUT2D eigenvalue weighted by Crippen LogP contribution is 2.43. The fourth-order valence-electron chi connectivity index (χ4n) is 4.46. The molecule has 1 aliphatic carbocycles. The first kappa shape index (κ1) is 25.9. The van der Waals surface area contributed by atoms with Gasteiger partial charge in [-0.3, -0.25) is 0 Å². The van der Waals surface area contributed by atoms with E-state index in [1.54, 1.807) is 54.6 Å². The number of nitrogens with two attached hydrogens (primary N) is 1. The van der Waals surface area contributed by atoms with Gasteiger partial charge in [0, 0.05) is 18.0 Å². The molecule has 186 valence electrons. The number of benzene rings is 4. The number of halogens is 1. The predicted octanol–water partition coefficient (Wildman–Crippen LogP) is 6.23. The van der Waals surface area contributed by atoms with E-state index in [4.69, 9.17) is 15.2 Å². The Hall–Kier alpha value is -4.19. The second kappa shape index (κ2) is 11.7. The Bertz CT molecular complexity index is 1420. The van der Waals surface area contributed by atoms with Crippen molar-refractivity contribution in [3.05, 3.63) is 137 Å². The summed E-state index contributed by atoms with van der Waals surface area (Å²) < 4.78 is 11.7. The van der Waals surface area contributed by atoms with Gasteiger partial charge in [-0.1, -0.05) is 78.9 Å². The zero-order valence-corrected chi connectivity index (χ0v) is 20.8. The van der Waals surface area contributed by atoms with Crippen molar-refractivity contribution >= 4 is 29.9 Å². The largest absolute Gasteiger partial charge is 0.419 e. The average Bonchev–Trinajstić information content (AvgIpc) is 2.95. The zero-order chi connectivity index (χ0) is 24.9. The van der Waals surface area contributed by atoms with Crippen LogP contribution in [0.15, 0.2) is 109 Å². The molecule has 4 aromatic carbocycles. The maximum Gasteiger partial charge on any atom is 0.343 e. The van der Waals surface area contributed by atoms with Crippen molar-refractivity contribution in [1.82, 2.24) is 0 Å². The van der Waals surface area contributed by atoms with Gasteiger partial charge < -0.3 is 15.2 Å². The van der Waals surface area contributed by atoms with E-state index >= 15 is 0 Å². The molecule has 1 aliphatic rings. The Kier molecular flexibility index (Phi) is 8.18. The number of allylic oxidation sites excluding steroid dienone is 1. The molecule has 5 rings (SSSR count). The Balaban J connectivity index is 0.00000320. The van der Waals surface area contributed by atoms with Gasteiger partial charge in [0.25, 0.3) is 0 Å². The summed E-state index contributed by atoms with van der Waals surface area (Å²) in [4.78, 5) is 26.0. The number of hydrogen-bond acceptors (Lipinski definition) is 5. The molecule has 0 fully saturated rings. The van der Waals surface area contributed by atoms with Crippen molar-refractivity contribution in [1.29, 1.82) is 0 Å². The molecule has 1 atom stereocenters. The minimum Gasteiger partial charge on any atom is -0.419 e. The van der Waals surface area contributed by atoms with E-state index in [1.165, 1.54) is 0 Å². The van der Waals surface area contributed by atoms with Crippen LogP contribution in [0.5, 0.6) is 11.5 Å². The Morgan fingerprint density at radius 1 is 0.730 bits per heavy atom. The molecule has 0 saturated carbocycles. The standard InChI is InChI=1S/C31H25NO4.ClH/c32-20-25-18-24(21-10-4-1-5-11-21)19-27-26(25)16-17-28(35-30(33)22-12-6-2-7-13-22)29(27)36-31(34)23-14-8-3-9-15-23;/h1-18,24H,19-20,32H2;1H. The Morgan fingerprint density at radius 2 is 1.27 bits per heavy atom. The van der Waals surface area contributed by atoms with E-state index in [-0.39, 0.29) is 29.8 Å². The summed E-state index contributed by atoms with van der Waals surface area (Å²) in [6, 6.07) is 31.1. The van der Waals surface area contributed by atoms with Crippen LogP contribution in [-0.2, 0) is 6.42 Å². The van der Waals surface area contributed by atoms with Crippen molar-refractivity contribution in [2.75, 3.05) is 6.54 Å². The monoisotopic (exact) mass is 511 g/mol. The normalized spacial score (nSPS) is 14.0. The topological polar surface area (TPSA) is 78.6 Å². The number of esters is 2. The summed E-state index contributed by atoms with van der Waals surface area (Å²) in [5, 5.41) is 0. The first-order valence-corrected chi connectivity index (χ1v) is 11.8. The number of fused-ring (bicyclic) bond motifs is 1. The van der Waals surface area contributed by atoms with Crippen LogP contribution in [-0.4, -0.2) is 18.5 Å². The third-order valence-electron chi connectivity index (χ3n) is 6.26. The van der Waals surface area contributed by atoms with Gasteiger partial charge in [-0.25, -0.2) is 9.59 Å². The van der Waals surface area contributed by atoms with Gasteiger partial charge in [0.05, 0.1) is 11.1 Å². The molecule has 0 aromatic heterocycles. The molecule has 0 amide bonds. The fourth-order valence-corrected chi connectivity index (χ4v) is 4.46. The Morgan fingerprint density at radius 3 is 1.84 bits per heavy atom. The number of rotatable bonds is 6. The van der Waals surface area contributed by atoms with Crippen molar-refractivity contribution in [3.8, 4) is 11.5 Å². The Labute approximate surface area is 222 Å². The summed E-state index contributed by atoms with van der Waals surface area (Å²) in [7, 11) is 0. The van der Waals surface area contributed by atoms with Crippen molar-refractivity contribution in [2.24, 2.45) is 5.73 Å². The maximum absolute atomic E-state index is 13.1. The van der Waals surface area contributed by atoms with Gasteiger partial charge in [-0.05, 0) is 53.5 Å². The van der Waals surface area contributed by atoms with E-state index in [1.807, 2.05) is 36.4 Å². The van der Waals surface area contributed by atoms with Gasteiger partial charge in [0.1, 0.15) is 0 Å². The third kappa shape index (κ3) is 5.64. The summed E-state index contributed by atoms with van der Waals surface area (Å²) in [6.45, 7) is 0.325. The van der Waals surface area contributed by atoms with E-state index in [0.717, 1.165) is 22.3 Å². The van der Waals surface area contributed by atoms with Crippen LogP contribution < -0.4 is 15.2 Å². The molecule has 0 saturated heterocycles. The zero-order valence-electron chi connectivity index (χ0n) is 20.0. The van der Waals surface area contributed by atoms with Crippen molar-refractivity contribution < 1.29 is 19.1 Å². The van der Waals surface area contributed by atoms with Crippen LogP contribution >= 0.6 is 12.4 Å². The first-order chi connectivity index (χ1) is 17.6. The summed E-state index contributed by atoms with van der Waals surface area (Å²) in [5.74, 6) is -0.590. The van der Waals surface area contributed by atoms with Gasteiger partial charge in [-0.15, -0.1) is 12.4 Å². The van der Waals surface area contributed by atoms with Gasteiger partial charge in [-0.2, -0.15) is 0 Å². The fraction of sp³-hybridized carbons (Fsp3) is 0.0968. The highest BCUT2D eigenvalue weighted by Gasteiger charge is 2.28. The minimum atomic E-state index is -0.530. The molecule has 5 nitrogen and oxygen atoms in total. The van der Waals surface area contributed by atoms with E-state index in [9.17, 15) is 9.59 Å². The number of hydrogen-bond donors (Lipinski definition) is 1. The number of carbonyl (C=O) groups is 2. The first-order valence-electron chi connectivity index (χ1n) is 11.8. The molecule has 0 aliphatic heterocycles. The van der Waals surface area contributed by atoms with Crippen LogP contribution in [0.1, 0.15) is 43.3 Å². The highest BCUT2D eigenvalue weighted by molar-refractivity contribution is 5.94. The number of ether oxygens (including phenoxy) is 2. The van der Waals surface area contributed by atoms with Crippen LogP contribution in [0.3, 0.4) is 0 Å². The second-order valence-electron chi connectivity index (χ2n) is 8.55. The molecule has 6 heteroatoms. The summed E-state index contributed by atoms with van der Waals surface area (Å²) >= 11 is 0. The third-order valence-corrected chi connectivity index (χ3v) is 6.26. The van der Waals surface area contributed by atoms with E-state index in [0.29, 0.717) is 24.1 Å². The molecular formula is C31H26ClNO4. The molecule has 1 unspecified atom stereocenters. The maximum atomic E-state index is 13.1. The molecule has 0 radical (unpaired) electrons. The average molecular weight is 512 g/mol. The number of carbonyl (C=O) groups excluding carboxylic acids is 2. The van der Waals surface area contributed by atoms with Gasteiger partial charge in [0.15, 0.2) is 11.5 Å². The van der Waals surface area contributed by atoms with E-state index < -0.39 is 11.9 Å². The molecule has 4 aromatic rings. The smallest absolute Gasteiger partial charge is 0.343 e. The molecule has 2 N–H and O–H groups in total. The van der Waals surface area contributed by atoms with Gasteiger partial charge in [0.2, 0.25) is 0 Å². The molecule has 0 heterocycles. The van der Waals surface area contributed by atoms with Crippen molar-refractivity contribution in [3.63, 3.8) is 0 Å². The SMILES string of the molecule is Cl.NCC1=CC(c2ccccc2)Cc2c1ccc(OC(=O)c1ccccc1)c2OC(=O)c1ccccc1. The van der Waals surface area contributed by atoms with E-state index in [2.05, 4.69) is 18.2 Å². The summed E-state index contributed by atoms with van der Waals surface area (Å²) in [6.07, 6.45) is 2.73. The molecule has 37 heavy (non-hydrogen) atoms. The lowest BCUT2D eigenvalue weighted by molar-refractivity contribution is 0.0681. The lowest BCUT2D eigenvalue weighted by Gasteiger charge is -2.27. The quantitative estimate of drug-likeness (QED) is 0.245. The van der Waals surface area contributed by atoms with Gasteiger partial charge >= 0.3 is 11.9 Å². The predicted molar refractivity (Wildman–Crippen MR) is 146 cm³/mol. The summed E-state index contributed by atoms with van der Waals surface area (Å²) in [5.41, 5.74) is 10.7. The molecule has 0 spiro atoms. The van der Waals surface area contributed by atoms with Crippen LogP contribution in [0.4, 0.5) is 0 Å². The van der Waals surface area contributed by atoms with Crippen LogP contribution in [0, 0.1) is 0 Å². The minimum absolute atomic E-state index is 0. The highest BCUT2D eigenvalue weighted by atomic mass is 35.5. The lowest BCUT2D eigenvalue weighted by atomic mass is 9.80. The second-order valence-corrected chi connectivity index (χ2v) is 8.55. The molecular weight excluding hydrogens is 486 g/mol. The van der Waals surface area contributed by atoms with Crippen LogP contribution in [0.2, 0.25) is 0 Å².